The molecule has 90 valence electrons. The summed E-state index contributed by atoms with van der Waals surface area (Å²) in [7, 11) is 0. The molecule has 0 spiro atoms. The van der Waals surface area contributed by atoms with Crippen LogP contribution in [0.1, 0.15) is 47.5 Å². The van der Waals surface area contributed by atoms with Gasteiger partial charge in [0.15, 0.2) is 0 Å². The van der Waals surface area contributed by atoms with E-state index in [1.54, 1.807) is 0 Å². The summed E-state index contributed by atoms with van der Waals surface area (Å²) in [4.78, 5) is 10.7. The van der Waals surface area contributed by atoms with Crippen LogP contribution in [0.15, 0.2) is 23.8 Å². The van der Waals surface area contributed by atoms with Gasteiger partial charge in [0.2, 0.25) is 0 Å². The van der Waals surface area contributed by atoms with Crippen LogP contribution in [0.3, 0.4) is 0 Å². The summed E-state index contributed by atoms with van der Waals surface area (Å²) in [6.07, 6.45) is 9.89. The molecule has 1 nitrogen and oxygen atoms in total. The van der Waals surface area contributed by atoms with Gasteiger partial charge in [0.1, 0.15) is 6.29 Å². The van der Waals surface area contributed by atoms with Gasteiger partial charge in [0.25, 0.3) is 0 Å². The minimum absolute atomic E-state index is 0.184. The lowest BCUT2D eigenvalue weighted by atomic mass is 9.87. The average molecular weight is 220 g/mol. The molecule has 1 fully saturated rings. The van der Waals surface area contributed by atoms with Crippen molar-refractivity contribution in [1.29, 1.82) is 0 Å². The molecule has 16 heavy (non-hydrogen) atoms. The zero-order valence-corrected chi connectivity index (χ0v) is 11.2. The highest BCUT2D eigenvalue weighted by Gasteiger charge is 2.58. The first-order chi connectivity index (χ1) is 7.33. The summed E-state index contributed by atoms with van der Waals surface area (Å²) >= 11 is 0. The van der Waals surface area contributed by atoms with Gasteiger partial charge in [-0.25, -0.2) is 0 Å². The molecule has 3 atom stereocenters. The monoisotopic (exact) mass is 220 g/mol. The first-order valence-electron chi connectivity index (χ1n) is 6.11. The fraction of sp³-hybridized carbons (Fsp3) is 0.667. The zero-order chi connectivity index (χ0) is 12.4. The van der Waals surface area contributed by atoms with Crippen LogP contribution in [-0.2, 0) is 4.79 Å². The maximum absolute atomic E-state index is 10.7. The standard InChI is InChI=1S/C15H24O/c1-12(2)7-6-8-14(4)11-15(14,5)9-13(3)10-16/h6-8,10,13H,9,11H2,1-5H3/b8-6-. The Morgan fingerprint density at radius 2 is 2.00 bits per heavy atom. The number of hydrogen-bond acceptors (Lipinski definition) is 1. The van der Waals surface area contributed by atoms with Crippen LogP contribution in [0.5, 0.6) is 0 Å². The maximum Gasteiger partial charge on any atom is 0.122 e. The molecule has 1 rings (SSSR count). The number of carbonyl (C=O) groups is 1. The molecule has 0 saturated heterocycles. The fourth-order valence-electron chi connectivity index (χ4n) is 2.54. The molecule has 0 aromatic carbocycles. The van der Waals surface area contributed by atoms with E-state index in [4.69, 9.17) is 0 Å². The Hall–Kier alpha value is -0.850. The van der Waals surface area contributed by atoms with E-state index in [1.807, 2.05) is 6.92 Å². The highest BCUT2D eigenvalue weighted by molar-refractivity contribution is 5.53. The zero-order valence-electron chi connectivity index (χ0n) is 11.2. The third-order valence-electron chi connectivity index (χ3n) is 3.91. The number of hydrogen-bond donors (Lipinski definition) is 0. The van der Waals surface area contributed by atoms with Crippen molar-refractivity contribution in [3.8, 4) is 0 Å². The molecule has 0 N–H and O–H groups in total. The first kappa shape index (κ1) is 13.2. The largest absolute Gasteiger partial charge is 0.303 e. The molecule has 0 aromatic rings. The molecule has 0 amide bonds. The summed E-state index contributed by atoms with van der Waals surface area (Å²) < 4.78 is 0. The van der Waals surface area contributed by atoms with Gasteiger partial charge < -0.3 is 4.79 Å². The van der Waals surface area contributed by atoms with Gasteiger partial charge in [0, 0.05) is 5.92 Å². The molecule has 1 aliphatic rings. The van der Waals surface area contributed by atoms with E-state index < -0.39 is 0 Å². The lowest BCUT2D eigenvalue weighted by Gasteiger charge is -2.17. The van der Waals surface area contributed by atoms with E-state index in [0.29, 0.717) is 5.41 Å². The predicted octanol–water partition coefficient (Wildman–Crippen LogP) is 4.15. The molecule has 0 aliphatic heterocycles. The van der Waals surface area contributed by atoms with Crippen LogP contribution < -0.4 is 0 Å². The molecule has 0 aromatic heterocycles. The van der Waals surface area contributed by atoms with E-state index in [1.165, 1.54) is 12.0 Å². The SMILES string of the molecule is CC(C)=C/C=C\C1(C)CC1(C)CC(C)C=O. The van der Waals surface area contributed by atoms with Crippen LogP contribution in [0, 0.1) is 16.7 Å². The van der Waals surface area contributed by atoms with E-state index in [9.17, 15) is 4.79 Å². The summed E-state index contributed by atoms with van der Waals surface area (Å²) in [6.45, 7) is 10.8. The lowest BCUT2D eigenvalue weighted by Crippen LogP contribution is -2.11. The quantitative estimate of drug-likeness (QED) is 0.502. The molecule has 1 aliphatic carbocycles. The second kappa shape index (κ2) is 4.57. The number of rotatable bonds is 5. The van der Waals surface area contributed by atoms with Crippen molar-refractivity contribution in [2.24, 2.45) is 16.7 Å². The van der Waals surface area contributed by atoms with Crippen molar-refractivity contribution in [1.82, 2.24) is 0 Å². The number of carbonyl (C=O) groups excluding carboxylic acids is 1. The Morgan fingerprint density at radius 1 is 1.38 bits per heavy atom. The van der Waals surface area contributed by atoms with Crippen LogP contribution in [0.25, 0.3) is 0 Å². The van der Waals surface area contributed by atoms with Crippen LogP contribution in [0.4, 0.5) is 0 Å². The fourth-order valence-corrected chi connectivity index (χ4v) is 2.54. The van der Waals surface area contributed by atoms with E-state index in [2.05, 4.69) is 45.9 Å². The van der Waals surface area contributed by atoms with Gasteiger partial charge in [-0.2, -0.15) is 0 Å². The minimum atomic E-state index is 0.184. The Bertz CT molecular complexity index is 322. The van der Waals surface area contributed by atoms with Crippen molar-refractivity contribution in [3.63, 3.8) is 0 Å². The molecular weight excluding hydrogens is 196 g/mol. The molecule has 0 heterocycles. The van der Waals surface area contributed by atoms with Crippen molar-refractivity contribution in [3.05, 3.63) is 23.8 Å². The van der Waals surface area contributed by atoms with E-state index in [-0.39, 0.29) is 11.3 Å². The molecule has 1 saturated carbocycles. The van der Waals surface area contributed by atoms with E-state index >= 15 is 0 Å². The summed E-state index contributed by atoms with van der Waals surface area (Å²) in [5, 5.41) is 0. The molecule has 0 radical (unpaired) electrons. The van der Waals surface area contributed by atoms with Crippen molar-refractivity contribution >= 4 is 6.29 Å². The molecule has 0 bridgehead atoms. The normalized spacial score (nSPS) is 34.8. The van der Waals surface area contributed by atoms with Gasteiger partial charge in [0.05, 0.1) is 0 Å². The van der Waals surface area contributed by atoms with Crippen molar-refractivity contribution in [2.75, 3.05) is 0 Å². The number of aldehydes is 1. The van der Waals surface area contributed by atoms with Gasteiger partial charge in [-0.1, -0.05) is 44.6 Å². The van der Waals surface area contributed by atoms with Crippen LogP contribution in [-0.4, -0.2) is 6.29 Å². The Kier molecular flexibility index (Phi) is 3.77. The summed E-state index contributed by atoms with van der Waals surface area (Å²) in [5.74, 6) is 0.184. The van der Waals surface area contributed by atoms with Gasteiger partial charge in [-0.15, -0.1) is 0 Å². The van der Waals surface area contributed by atoms with E-state index in [0.717, 1.165) is 12.7 Å². The first-order valence-corrected chi connectivity index (χ1v) is 6.11. The predicted molar refractivity (Wildman–Crippen MR) is 69.2 cm³/mol. The minimum Gasteiger partial charge on any atom is -0.303 e. The Morgan fingerprint density at radius 3 is 2.50 bits per heavy atom. The maximum atomic E-state index is 10.7. The molecule has 1 heteroatoms. The van der Waals surface area contributed by atoms with Crippen molar-refractivity contribution in [2.45, 2.75) is 47.5 Å². The highest BCUT2D eigenvalue weighted by atomic mass is 16.1. The summed E-state index contributed by atoms with van der Waals surface area (Å²) in [5.41, 5.74) is 1.93. The topological polar surface area (TPSA) is 17.1 Å². The highest BCUT2D eigenvalue weighted by Crippen LogP contribution is 2.67. The number of allylic oxidation sites excluding steroid dienone is 4. The van der Waals surface area contributed by atoms with Crippen LogP contribution in [0.2, 0.25) is 0 Å². The third kappa shape index (κ3) is 2.84. The molecule has 3 unspecified atom stereocenters. The molecular formula is C15H24O. The Balaban J connectivity index is 2.60. The summed E-state index contributed by atoms with van der Waals surface area (Å²) in [6, 6.07) is 0. The smallest absolute Gasteiger partial charge is 0.122 e. The van der Waals surface area contributed by atoms with Crippen molar-refractivity contribution < 1.29 is 4.79 Å². The lowest BCUT2D eigenvalue weighted by molar-refractivity contribution is -0.111. The van der Waals surface area contributed by atoms with Crippen LogP contribution >= 0.6 is 0 Å². The Labute approximate surface area is 99.6 Å². The second-order valence-corrected chi connectivity index (χ2v) is 6.08. The third-order valence-corrected chi connectivity index (χ3v) is 3.91. The van der Waals surface area contributed by atoms with Gasteiger partial charge in [-0.05, 0) is 37.5 Å². The van der Waals surface area contributed by atoms with Gasteiger partial charge in [-0.3, -0.25) is 0 Å². The average Bonchev–Trinajstić information content (AvgIpc) is 2.67. The van der Waals surface area contributed by atoms with Gasteiger partial charge >= 0.3 is 0 Å². The second-order valence-electron chi connectivity index (χ2n) is 6.08.